The number of carbonyl (C=O) groups is 1. The molecule has 1 aliphatic carbocycles. The molecule has 0 N–H and O–H groups in total. The summed E-state index contributed by atoms with van der Waals surface area (Å²) in [7, 11) is 0. The number of hydrogen-bond acceptors (Lipinski definition) is 3. The van der Waals surface area contributed by atoms with Gasteiger partial charge in [-0.25, -0.2) is 4.79 Å². The molecule has 0 bridgehead atoms. The molecule has 3 aromatic carbocycles. The number of rotatable bonds is 15. The van der Waals surface area contributed by atoms with Crippen molar-refractivity contribution in [3.63, 3.8) is 0 Å². The lowest BCUT2D eigenvalue weighted by Gasteiger charge is -2.22. The van der Waals surface area contributed by atoms with Crippen molar-refractivity contribution in [3.05, 3.63) is 103 Å². The summed E-state index contributed by atoms with van der Waals surface area (Å²) in [6.45, 7) is 6.72. The van der Waals surface area contributed by atoms with E-state index in [0.29, 0.717) is 17.9 Å². The molecule has 3 nitrogen and oxygen atoms in total. The van der Waals surface area contributed by atoms with E-state index in [4.69, 9.17) is 9.47 Å². The molecule has 0 radical (unpaired) electrons. The van der Waals surface area contributed by atoms with Gasteiger partial charge in [-0.2, -0.15) is 0 Å². The van der Waals surface area contributed by atoms with Crippen LogP contribution in [-0.2, 0) is 0 Å². The van der Waals surface area contributed by atoms with Crippen LogP contribution in [0.4, 0.5) is 0 Å². The summed E-state index contributed by atoms with van der Waals surface area (Å²) in [5.41, 5.74) is 4.95. The molecule has 0 aliphatic heterocycles. The van der Waals surface area contributed by atoms with Crippen LogP contribution in [0.3, 0.4) is 0 Å². The second-order valence-electron chi connectivity index (χ2n) is 10.8. The summed E-state index contributed by atoms with van der Waals surface area (Å²) in [5.74, 6) is 1.80. The standard InChI is InChI=1S/C37H44O3/c1-3-5-6-7-8-9-13-27-39-34-24-21-32(22-25-34)37(38)40-36-28-33(30-19-17-29(14-4-2)18-20-30)23-26-35(36)31-15-11-10-12-16-31/h3,10-12,15-16,19,21-26,28-29H,1,4-9,13-14,17-18,20,27H2,2H3. The van der Waals surface area contributed by atoms with Crippen molar-refractivity contribution in [3.8, 4) is 22.6 Å². The first kappa shape index (κ1) is 29.4. The third-order valence-corrected chi connectivity index (χ3v) is 7.77. The van der Waals surface area contributed by atoms with Crippen molar-refractivity contribution in [1.29, 1.82) is 0 Å². The van der Waals surface area contributed by atoms with E-state index >= 15 is 0 Å². The fourth-order valence-corrected chi connectivity index (χ4v) is 5.44. The Morgan fingerprint density at radius 3 is 2.42 bits per heavy atom. The Balaban J connectivity index is 1.40. The van der Waals surface area contributed by atoms with E-state index in [9.17, 15) is 4.79 Å². The maximum absolute atomic E-state index is 13.2. The van der Waals surface area contributed by atoms with Crippen LogP contribution >= 0.6 is 0 Å². The van der Waals surface area contributed by atoms with Gasteiger partial charge in [-0.15, -0.1) is 6.58 Å². The van der Waals surface area contributed by atoms with Crippen LogP contribution in [-0.4, -0.2) is 12.6 Å². The summed E-state index contributed by atoms with van der Waals surface area (Å²) in [5, 5.41) is 0. The number of allylic oxidation sites excluding steroid dienone is 3. The van der Waals surface area contributed by atoms with Gasteiger partial charge < -0.3 is 9.47 Å². The second kappa shape index (κ2) is 15.9. The number of benzene rings is 3. The quantitative estimate of drug-likeness (QED) is 0.0838. The van der Waals surface area contributed by atoms with Crippen LogP contribution in [0.1, 0.15) is 93.5 Å². The number of ether oxygens (including phenoxy) is 2. The lowest BCUT2D eigenvalue weighted by Crippen LogP contribution is -2.10. The summed E-state index contributed by atoms with van der Waals surface area (Å²) >= 11 is 0. The molecule has 4 rings (SSSR count). The van der Waals surface area contributed by atoms with Gasteiger partial charge in [0.25, 0.3) is 0 Å². The van der Waals surface area contributed by atoms with Gasteiger partial charge in [0.05, 0.1) is 12.2 Å². The van der Waals surface area contributed by atoms with Gasteiger partial charge in [-0.05, 0) is 91.5 Å². The Morgan fingerprint density at radius 2 is 1.70 bits per heavy atom. The van der Waals surface area contributed by atoms with Crippen LogP contribution in [0.2, 0.25) is 0 Å². The zero-order chi connectivity index (χ0) is 28.0. The molecule has 3 aromatic rings. The number of hydrogen-bond donors (Lipinski definition) is 0. The molecule has 0 saturated carbocycles. The van der Waals surface area contributed by atoms with Crippen molar-refractivity contribution in [2.45, 2.75) is 77.6 Å². The van der Waals surface area contributed by atoms with Gasteiger partial charge in [0.15, 0.2) is 0 Å². The topological polar surface area (TPSA) is 35.5 Å². The van der Waals surface area contributed by atoms with Crippen LogP contribution in [0.5, 0.6) is 11.5 Å². The Morgan fingerprint density at radius 1 is 0.925 bits per heavy atom. The molecular weight excluding hydrogens is 492 g/mol. The van der Waals surface area contributed by atoms with Crippen LogP contribution in [0.15, 0.2) is 91.5 Å². The van der Waals surface area contributed by atoms with E-state index in [1.807, 2.05) is 42.5 Å². The number of esters is 1. The van der Waals surface area contributed by atoms with Gasteiger partial charge in [0.1, 0.15) is 11.5 Å². The highest BCUT2D eigenvalue weighted by Crippen LogP contribution is 2.37. The van der Waals surface area contributed by atoms with E-state index in [0.717, 1.165) is 54.0 Å². The first-order valence-corrected chi connectivity index (χ1v) is 15.1. The largest absolute Gasteiger partial charge is 0.494 e. The maximum Gasteiger partial charge on any atom is 0.343 e. The summed E-state index contributed by atoms with van der Waals surface area (Å²) in [4.78, 5) is 13.2. The van der Waals surface area contributed by atoms with Gasteiger partial charge in [-0.1, -0.05) is 93.6 Å². The normalized spacial score (nSPS) is 14.8. The van der Waals surface area contributed by atoms with Crippen LogP contribution in [0, 0.1) is 5.92 Å². The smallest absolute Gasteiger partial charge is 0.343 e. The first-order chi connectivity index (χ1) is 19.7. The fourth-order valence-electron chi connectivity index (χ4n) is 5.44. The maximum atomic E-state index is 13.2. The van der Waals surface area contributed by atoms with Crippen molar-refractivity contribution in [2.75, 3.05) is 6.61 Å². The minimum absolute atomic E-state index is 0.360. The molecule has 1 aliphatic rings. The zero-order valence-electron chi connectivity index (χ0n) is 24.1. The van der Waals surface area contributed by atoms with Gasteiger partial charge in [0, 0.05) is 5.56 Å². The summed E-state index contributed by atoms with van der Waals surface area (Å²) in [6.07, 6.45) is 17.3. The predicted molar refractivity (Wildman–Crippen MR) is 167 cm³/mol. The molecule has 3 heteroatoms. The lowest BCUT2D eigenvalue weighted by molar-refractivity contribution is 0.0735. The first-order valence-electron chi connectivity index (χ1n) is 15.1. The van der Waals surface area contributed by atoms with Crippen LogP contribution < -0.4 is 9.47 Å². The van der Waals surface area contributed by atoms with Crippen molar-refractivity contribution < 1.29 is 14.3 Å². The predicted octanol–water partition coefficient (Wildman–Crippen LogP) is 10.5. The van der Waals surface area contributed by atoms with E-state index < -0.39 is 0 Å². The zero-order valence-corrected chi connectivity index (χ0v) is 24.1. The molecule has 0 heterocycles. The highest BCUT2D eigenvalue weighted by molar-refractivity contribution is 5.92. The minimum Gasteiger partial charge on any atom is -0.494 e. The minimum atomic E-state index is -0.360. The Labute approximate surface area is 240 Å². The molecule has 0 amide bonds. The average molecular weight is 537 g/mol. The molecule has 0 fully saturated rings. The van der Waals surface area contributed by atoms with Crippen molar-refractivity contribution >= 4 is 11.5 Å². The second-order valence-corrected chi connectivity index (χ2v) is 10.8. The Hall–Kier alpha value is -3.59. The monoisotopic (exact) mass is 536 g/mol. The summed E-state index contributed by atoms with van der Waals surface area (Å²) < 4.78 is 12.0. The van der Waals surface area contributed by atoms with Crippen molar-refractivity contribution in [2.24, 2.45) is 5.92 Å². The molecule has 1 unspecified atom stereocenters. The highest BCUT2D eigenvalue weighted by atomic mass is 16.5. The fraction of sp³-hybridized carbons (Fsp3) is 0.378. The molecule has 40 heavy (non-hydrogen) atoms. The average Bonchev–Trinajstić information content (AvgIpc) is 3.00. The van der Waals surface area contributed by atoms with Gasteiger partial charge >= 0.3 is 5.97 Å². The molecule has 1 atom stereocenters. The molecule has 210 valence electrons. The highest BCUT2D eigenvalue weighted by Gasteiger charge is 2.18. The molecule has 0 saturated heterocycles. The third-order valence-electron chi connectivity index (χ3n) is 7.77. The lowest BCUT2D eigenvalue weighted by atomic mass is 9.84. The molecule has 0 spiro atoms. The van der Waals surface area contributed by atoms with Crippen molar-refractivity contribution in [1.82, 2.24) is 0 Å². The SMILES string of the molecule is C=CCCCCCCCOc1ccc(C(=O)Oc2cc(C3=CCC(CCC)CC3)ccc2-c2ccccc2)cc1. The van der Waals surface area contributed by atoms with Gasteiger partial charge in [0.2, 0.25) is 0 Å². The molecular formula is C37H44O3. The van der Waals surface area contributed by atoms with Crippen LogP contribution in [0.25, 0.3) is 16.7 Å². The van der Waals surface area contributed by atoms with E-state index in [2.05, 4.69) is 43.8 Å². The van der Waals surface area contributed by atoms with E-state index in [1.165, 1.54) is 50.5 Å². The Kier molecular flexibility index (Phi) is 11.7. The number of carbonyl (C=O) groups excluding carboxylic acids is 1. The molecule has 0 aromatic heterocycles. The summed E-state index contributed by atoms with van der Waals surface area (Å²) in [6, 6.07) is 23.7. The Bertz CT molecular complexity index is 1240. The van der Waals surface area contributed by atoms with E-state index in [-0.39, 0.29) is 5.97 Å². The third kappa shape index (κ3) is 8.71. The number of unbranched alkanes of at least 4 members (excludes halogenated alkanes) is 5. The van der Waals surface area contributed by atoms with E-state index in [1.54, 1.807) is 12.1 Å². The van der Waals surface area contributed by atoms with Gasteiger partial charge in [-0.3, -0.25) is 0 Å².